The van der Waals surface area contributed by atoms with Crippen molar-refractivity contribution in [2.45, 2.75) is 31.7 Å². The van der Waals surface area contributed by atoms with Crippen molar-refractivity contribution in [3.8, 4) is 0 Å². The Morgan fingerprint density at radius 1 is 1.40 bits per heavy atom. The predicted molar refractivity (Wildman–Crippen MR) is 41.7 cm³/mol. The molecule has 0 amide bonds. The molecular weight excluding hydrogens is 124 g/mol. The Morgan fingerprint density at radius 3 is 2.80 bits per heavy atom. The summed E-state index contributed by atoms with van der Waals surface area (Å²) < 4.78 is 0. The van der Waals surface area contributed by atoms with Gasteiger partial charge in [0.15, 0.2) is 0 Å². The third-order valence-corrected chi connectivity index (χ3v) is 3.07. The van der Waals surface area contributed by atoms with Gasteiger partial charge in [-0.2, -0.15) is 0 Å². The van der Waals surface area contributed by atoms with Crippen LogP contribution in [0.5, 0.6) is 0 Å². The van der Waals surface area contributed by atoms with E-state index < -0.39 is 0 Å². The van der Waals surface area contributed by atoms with E-state index in [2.05, 4.69) is 5.32 Å². The number of rotatable bonds is 0. The van der Waals surface area contributed by atoms with Gasteiger partial charge in [0, 0.05) is 12.6 Å². The minimum atomic E-state index is 0.500. The minimum Gasteiger partial charge on any atom is -0.328 e. The third-order valence-electron chi connectivity index (χ3n) is 3.07. The normalized spacial score (nSPS) is 47.1. The maximum Gasteiger partial charge on any atom is 0.00448 e. The summed E-state index contributed by atoms with van der Waals surface area (Å²) in [6.07, 6.45) is 5.24. The van der Waals surface area contributed by atoms with Crippen molar-refractivity contribution in [1.29, 1.82) is 0 Å². The zero-order chi connectivity index (χ0) is 7.03. The molecule has 0 aromatic heterocycles. The van der Waals surface area contributed by atoms with Gasteiger partial charge in [-0.3, -0.25) is 0 Å². The fourth-order valence-corrected chi connectivity index (χ4v) is 2.44. The second-order valence-corrected chi connectivity index (χ2v) is 3.93. The topological polar surface area (TPSA) is 38.0 Å². The highest BCUT2D eigenvalue weighted by Crippen LogP contribution is 2.41. The molecule has 3 N–H and O–H groups in total. The van der Waals surface area contributed by atoms with E-state index in [0.29, 0.717) is 11.5 Å². The average Bonchev–Trinajstić information content (AvgIpc) is 2.46. The van der Waals surface area contributed by atoms with Crippen molar-refractivity contribution in [3.63, 3.8) is 0 Å². The maximum atomic E-state index is 5.86. The maximum absolute atomic E-state index is 5.86. The Labute approximate surface area is 62.2 Å². The first kappa shape index (κ1) is 6.62. The van der Waals surface area contributed by atoms with E-state index in [1.165, 1.54) is 38.8 Å². The van der Waals surface area contributed by atoms with E-state index in [0.717, 1.165) is 0 Å². The lowest BCUT2D eigenvalue weighted by Crippen LogP contribution is -2.23. The Balaban J connectivity index is 2.03. The standard InChI is InChI=1S/C8H16N2/c9-7-1-2-8(5-7)3-4-10-6-8/h7,10H,1-6,9H2/t7-,8+/m1/s1. The van der Waals surface area contributed by atoms with Gasteiger partial charge in [-0.15, -0.1) is 0 Å². The number of hydrogen-bond donors (Lipinski definition) is 2. The molecule has 2 atom stereocenters. The molecule has 0 bridgehead atoms. The molecule has 2 aliphatic rings. The van der Waals surface area contributed by atoms with Crippen LogP contribution < -0.4 is 11.1 Å². The highest BCUT2D eigenvalue weighted by atomic mass is 14.9. The third kappa shape index (κ3) is 0.956. The van der Waals surface area contributed by atoms with E-state index >= 15 is 0 Å². The molecule has 1 saturated heterocycles. The molecule has 2 nitrogen and oxygen atoms in total. The van der Waals surface area contributed by atoms with Crippen LogP contribution in [0.2, 0.25) is 0 Å². The van der Waals surface area contributed by atoms with Crippen molar-refractivity contribution < 1.29 is 0 Å². The molecule has 1 saturated carbocycles. The lowest BCUT2D eigenvalue weighted by molar-refractivity contribution is 0.331. The van der Waals surface area contributed by atoms with Gasteiger partial charge in [-0.25, -0.2) is 0 Å². The summed E-state index contributed by atoms with van der Waals surface area (Å²) in [6.45, 7) is 2.44. The second kappa shape index (κ2) is 2.21. The monoisotopic (exact) mass is 140 g/mol. The van der Waals surface area contributed by atoms with E-state index in [9.17, 15) is 0 Å². The Morgan fingerprint density at radius 2 is 2.30 bits per heavy atom. The molecule has 0 aromatic rings. The van der Waals surface area contributed by atoms with Crippen LogP contribution in [0.4, 0.5) is 0 Å². The summed E-state index contributed by atoms with van der Waals surface area (Å²) in [5, 5.41) is 3.42. The first-order valence-corrected chi connectivity index (χ1v) is 4.27. The molecule has 1 aliphatic carbocycles. The lowest BCUT2D eigenvalue weighted by atomic mass is 9.85. The first-order chi connectivity index (χ1) is 4.81. The molecule has 2 rings (SSSR count). The number of hydrogen-bond acceptors (Lipinski definition) is 2. The molecule has 1 aliphatic heterocycles. The molecular formula is C8H16N2. The molecule has 1 spiro atoms. The second-order valence-electron chi connectivity index (χ2n) is 3.93. The van der Waals surface area contributed by atoms with Gasteiger partial charge >= 0.3 is 0 Å². The van der Waals surface area contributed by atoms with E-state index in [4.69, 9.17) is 5.73 Å². The smallest absolute Gasteiger partial charge is 0.00448 e. The SMILES string of the molecule is N[C@@H]1CC[C@]2(CCNC2)C1. The van der Waals surface area contributed by atoms with Crippen molar-refractivity contribution >= 4 is 0 Å². The number of nitrogens with two attached hydrogens (primary N) is 1. The zero-order valence-electron chi connectivity index (χ0n) is 6.40. The summed E-state index contributed by atoms with van der Waals surface area (Å²) in [7, 11) is 0. The van der Waals surface area contributed by atoms with E-state index in [-0.39, 0.29) is 0 Å². The average molecular weight is 140 g/mol. The van der Waals surface area contributed by atoms with Crippen LogP contribution in [-0.2, 0) is 0 Å². The fourth-order valence-electron chi connectivity index (χ4n) is 2.44. The summed E-state index contributed by atoms with van der Waals surface area (Å²) >= 11 is 0. The van der Waals surface area contributed by atoms with E-state index in [1.54, 1.807) is 0 Å². The molecule has 58 valence electrons. The quantitative estimate of drug-likeness (QED) is 0.513. The zero-order valence-corrected chi connectivity index (χ0v) is 6.40. The first-order valence-electron chi connectivity index (χ1n) is 4.27. The van der Waals surface area contributed by atoms with Crippen LogP contribution >= 0.6 is 0 Å². The van der Waals surface area contributed by atoms with Gasteiger partial charge in [0.2, 0.25) is 0 Å². The molecule has 0 aromatic carbocycles. The van der Waals surface area contributed by atoms with Crippen LogP contribution in [0.25, 0.3) is 0 Å². The van der Waals surface area contributed by atoms with Gasteiger partial charge in [-0.1, -0.05) is 0 Å². The van der Waals surface area contributed by atoms with Crippen LogP contribution in [0, 0.1) is 5.41 Å². The minimum absolute atomic E-state index is 0.500. The summed E-state index contributed by atoms with van der Waals surface area (Å²) in [6, 6.07) is 0.500. The van der Waals surface area contributed by atoms with Crippen molar-refractivity contribution in [2.75, 3.05) is 13.1 Å². The molecule has 2 heteroatoms. The predicted octanol–water partition coefficient (Wildman–Crippen LogP) is 0.477. The lowest BCUT2D eigenvalue weighted by Gasteiger charge is -2.20. The molecule has 2 fully saturated rings. The van der Waals surface area contributed by atoms with Gasteiger partial charge in [0.25, 0.3) is 0 Å². The van der Waals surface area contributed by atoms with Crippen molar-refractivity contribution in [3.05, 3.63) is 0 Å². The van der Waals surface area contributed by atoms with Crippen LogP contribution in [-0.4, -0.2) is 19.1 Å². The van der Waals surface area contributed by atoms with Crippen LogP contribution in [0.1, 0.15) is 25.7 Å². The molecule has 0 radical (unpaired) electrons. The molecule has 1 heterocycles. The summed E-state index contributed by atoms with van der Waals surface area (Å²) in [5.41, 5.74) is 6.49. The largest absolute Gasteiger partial charge is 0.328 e. The summed E-state index contributed by atoms with van der Waals surface area (Å²) in [4.78, 5) is 0. The fraction of sp³-hybridized carbons (Fsp3) is 1.00. The number of nitrogens with one attached hydrogen (secondary N) is 1. The van der Waals surface area contributed by atoms with Crippen molar-refractivity contribution in [1.82, 2.24) is 5.32 Å². The highest BCUT2D eigenvalue weighted by Gasteiger charge is 2.39. The Kier molecular flexibility index (Phi) is 1.46. The molecule has 10 heavy (non-hydrogen) atoms. The summed E-state index contributed by atoms with van der Waals surface area (Å²) in [5.74, 6) is 0. The van der Waals surface area contributed by atoms with Gasteiger partial charge in [0.05, 0.1) is 0 Å². The van der Waals surface area contributed by atoms with Gasteiger partial charge < -0.3 is 11.1 Å². The Hall–Kier alpha value is -0.0800. The van der Waals surface area contributed by atoms with Gasteiger partial charge in [-0.05, 0) is 37.6 Å². The Bertz CT molecular complexity index is 127. The van der Waals surface area contributed by atoms with Crippen molar-refractivity contribution in [2.24, 2.45) is 11.1 Å². The highest BCUT2D eigenvalue weighted by molar-refractivity contribution is 4.95. The molecule has 0 unspecified atom stereocenters. The van der Waals surface area contributed by atoms with Crippen LogP contribution in [0.3, 0.4) is 0 Å². The van der Waals surface area contributed by atoms with Gasteiger partial charge in [0.1, 0.15) is 0 Å². The van der Waals surface area contributed by atoms with E-state index in [1.807, 2.05) is 0 Å². The van der Waals surface area contributed by atoms with Crippen LogP contribution in [0.15, 0.2) is 0 Å².